The van der Waals surface area contributed by atoms with E-state index in [4.69, 9.17) is 14.6 Å². The van der Waals surface area contributed by atoms with Crippen LogP contribution in [0, 0.1) is 0 Å². The number of nitrogens with zero attached hydrogens (tertiary/aromatic N) is 1. The lowest BCUT2D eigenvalue weighted by molar-refractivity contribution is -0.139. The number of rotatable bonds is 7. The second-order valence-corrected chi connectivity index (χ2v) is 4.92. The van der Waals surface area contributed by atoms with Gasteiger partial charge in [-0.1, -0.05) is 0 Å². The zero-order valence-corrected chi connectivity index (χ0v) is 12.1. The number of carbonyl (C=O) groups excluding carboxylic acids is 1. The molecule has 2 N–H and O–H groups in total. The fourth-order valence-electron chi connectivity index (χ4n) is 2.24. The molecule has 2 atom stereocenters. The highest BCUT2D eigenvalue weighted by atomic mass is 16.5. The monoisotopic (exact) mass is 288 g/mol. The van der Waals surface area contributed by atoms with E-state index in [1.165, 1.54) is 0 Å². The van der Waals surface area contributed by atoms with E-state index in [9.17, 15) is 9.59 Å². The van der Waals surface area contributed by atoms with Crippen LogP contribution in [0.1, 0.15) is 25.7 Å². The van der Waals surface area contributed by atoms with Crippen molar-refractivity contribution in [3.05, 3.63) is 0 Å². The van der Waals surface area contributed by atoms with Crippen LogP contribution >= 0.6 is 0 Å². The number of aliphatic carboxylic acids is 1. The molecule has 0 aromatic rings. The minimum Gasteiger partial charge on any atom is -0.480 e. The molecule has 0 spiro atoms. The number of carboxylic acids is 1. The summed E-state index contributed by atoms with van der Waals surface area (Å²) in [4.78, 5) is 24.8. The van der Waals surface area contributed by atoms with Gasteiger partial charge in [0.1, 0.15) is 6.04 Å². The van der Waals surface area contributed by atoms with E-state index >= 15 is 0 Å². The topological polar surface area (TPSA) is 88.1 Å². The quantitative estimate of drug-likeness (QED) is 0.673. The van der Waals surface area contributed by atoms with Gasteiger partial charge in [0.05, 0.1) is 6.10 Å². The highest BCUT2D eigenvalue weighted by Gasteiger charge is 2.27. The molecule has 116 valence electrons. The number of amides is 2. The third kappa shape index (κ3) is 5.34. The first kappa shape index (κ1) is 16.7. The molecule has 1 saturated heterocycles. The van der Waals surface area contributed by atoms with Gasteiger partial charge in [0, 0.05) is 33.9 Å². The minimum absolute atomic E-state index is 0.0336. The summed E-state index contributed by atoms with van der Waals surface area (Å²) in [6, 6.07) is -1.21. The maximum Gasteiger partial charge on any atom is 0.326 e. The number of nitrogens with one attached hydrogen (secondary N) is 1. The van der Waals surface area contributed by atoms with Crippen molar-refractivity contribution in [3.63, 3.8) is 0 Å². The van der Waals surface area contributed by atoms with Crippen LogP contribution in [0.25, 0.3) is 0 Å². The fraction of sp³-hybridized carbons (Fsp3) is 0.846. The molecule has 1 fully saturated rings. The number of carboxylic acid groups (broad SMARTS) is 1. The molecule has 7 heteroatoms. The van der Waals surface area contributed by atoms with Crippen LogP contribution in [0.2, 0.25) is 0 Å². The average molecular weight is 288 g/mol. The van der Waals surface area contributed by atoms with Crippen LogP contribution < -0.4 is 5.32 Å². The van der Waals surface area contributed by atoms with Gasteiger partial charge >= 0.3 is 12.0 Å². The first-order valence-corrected chi connectivity index (χ1v) is 6.88. The Kier molecular flexibility index (Phi) is 7.32. The molecule has 0 saturated carbocycles. The number of hydrogen-bond acceptors (Lipinski definition) is 4. The molecule has 20 heavy (non-hydrogen) atoms. The Bertz CT molecular complexity index is 324. The van der Waals surface area contributed by atoms with Crippen LogP contribution in [-0.4, -0.2) is 68.1 Å². The van der Waals surface area contributed by atoms with Crippen LogP contribution in [0.3, 0.4) is 0 Å². The smallest absolute Gasteiger partial charge is 0.326 e. The number of carbonyl (C=O) groups is 2. The van der Waals surface area contributed by atoms with Gasteiger partial charge in [0.25, 0.3) is 0 Å². The summed E-state index contributed by atoms with van der Waals surface area (Å²) >= 11 is 0. The maximum atomic E-state index is 12.1. The summed E-state index contributed by atoms with van der Waals surface area (Å²) in [6.07, 6.45) is 2.78. The summed E-state index contributed by atoms with van der Waals surface area (Å²) in [5.74, 6) is -1.02. The number of methoxy groups -OCH3 is 2. The van der Waals surface area contributed by atoms with Crippen molar-refractivity contribution in [1.29, 1.82) is 0 Å². The molecule has 1 aliphatic heterocycles. The molecule has 7 nitrogen and oxygen atoms in total. The Hall–Kier alpha value is -1.34. The van der Waals surface area contributed by atoms with E-state index in [1.54, 1.807) is 19.1 Å². The Balaban J connectivity index is 2.46. The van der Waals surface area contributed by atoms with Crippen molar-refractivity contribution in [2.24, 2.45) is 0 Å². The van der Waals surface area contributed by atoms with Crippen molar-refractivity contribution in [1.82, 2.24) is 10.2 Å². The van der Waals surface area contributed by atoms with Crippen molar-refractivity contribution in [3.8, 4) is 0 Å². The van der Waals surface area contributed by atoms with Crippen molar-refractivity contribution < 1.29 is 24.2 Å². The molecule has 0 bridgehead atoms. The van der Waals surface area contributed by atoms with E-state index in [1.807, 2.05) is 0 Å². The zero-order chi connectivity index (χ0) is 15.0. The summed E-state index contributed by atoms with van der Waals surface area (Å²) in [5.41, 5.74) is 0. The number of hydrogen-bond donors (Lipinski definition) is 2. The number of piperidine rings is 1. The maximum absolute atomic E-state index is 12.1. The average Bonchev–Trinajstić information content (AvgIpc) is 2.46. The van der Waals surface area contributed by atoms with Gasteiger partial charge in [-0.25, -0.2) is 9.59 Å². The molecule has 1 aliphatic rings. The lowest BCUT2D eigenvalue weighted by Gasteiger charge is -2.32. The van der Waals surface area contributed by atoms with Gasteiger partial charge in [-0.2, -0.15) is 0 Å². The van der Waals surface area contributed by atoms with Crippen LogP contribution in [0.15, 0.2) is 0 Å². The molecule has 0 aliphatic carbocycles. The Labute approximate surface area is 119 Å². The number of likely N-dealkylation sites (tertiary alicyclic amines) is 1. The van der Waals surface area contributed by atoms with Gasteiger partial charge in [-0.3, -0.25) is 0 Å². The number of urea groups is 1. The highest BCUT2D eigenvalue weighted by Crippen LogP contribution is 2.13. The van der Waals surface area contributed by atoms with Crippen LogP contribution in [-0.2, 0) is 14.3 Å². The van der Waals surface area contributed by atoms with Crippen LogP contribution in [0.5, 0.6) is 0 Å². The Morgan fingerprint density at radius 2 is 2.20 bits per heavy atom. The lowest BCUT2D eigenvalue weighted by atomic mass is 10.1. The molecule has 2 unspecified atom stereocenters. The van der Waals surface area contributed by atoms with Gasteiger partial charge in [0.15, 0.2) is 0 Å². The first-order chi connectivity index (χ1) is 9.58. The summed E-state index contributed by atoms with van der Waals surface area (Å²) < 4.78 is 10.1. The summed E-state index contributed by atoms with van der Waals surface area (Å²) in [5, 5.41) is 11.7. The van der Waals surface area contributed by atoms with Gasteiger partial charge in [-0.15, -0.1) is 0 Å². The molecule has 2 amide bonds. The van der Waals surface area contributed by atoms with E-state index in [-0.39, 0.29) is 12.1 Å². The van der Waals surface area contributed by atoms with Gasteiger partial charge in [0.2, 0.25) is 0 Å². The van der Waals surface area contributed by atoms with Crippen molar-refractivity contribution in [2.45, 2.75) is 37.8 Å². The second kappa shape index (κ2) is 8.76. The zero-order valence-electron chi connectivity index (χ0n) is 12.1. The predicted molar refractivity (Wildman–Crippen MR) is 72.7 cm³/mol. The van der Waals surface area contributed by atoms with Crippen molar-refractivity contribution >= 4 is 12.0 Å². The molecular weight excluding hydrogens is 264 g/mol. The van der Waals surface area contributed by atoms with Crippen molar-refractivity contribution in [2.75, 3.05) is 33.9 Å². The Morgan fingerprint density at radius 1 is 1.45 bits per heavy atom. The first-order valence-electron chi connectivity index (χ1n) is 6.88. The van der Waals surface area contributed by atoms with E-state index in [0.29, 0.717) is 32.5 Å². The molecular formula is C13H24N2O5. The molecule has 1 heterocycles. The lowest BCUT2D eigenvalue weighted by Crippen LogP contribution is -2.52. The summed E-state index contributed by atoms with van der Waals surface area (Å²) in [6.45, 7) is 1.62. The minimum atomic E-state index is -1.02. The molecule has 0 aromatic carbocycles. The number of ether oxygens (including phenoxy) is 2. The fourth-order valence-corrected chi connectivity index (χ4v) is 2.24. The van der Waals surface area contributed by atoms with E-state index < -0.39 is 12.0 Å². The standard InChI is InChI=1S/C13H24N2O5/c1-19-8-4-6-11(12(16)17)14-13(18)15-7-3-5-10(9-15)20-2/h10-11H,3-9H2,1-2H3,(H,14,18)(H,16,17). The van der Waals surface area contributed by atoms with Gasteiger partial charge in [-0.05, 0) is 25.7 Å². The summed E-state index contributed by atoms with van der Waals surface area (Å²) in [7, 11) is 3.18. The molecule has 0 aromatic heterocycles. The normalized spacial score (nSPS) is 20.5. The molecule has 1 rings (SSSR count). The highest BCUT2D eigenvalue weighted by molar-refractivity contribution is 5.82. The third-order valence-electron chi connectivity index (χ3n) is 3.44. The van der Waals surface area contributed by atoms with Gasteiger partial charge < -0.3 is 24.8 Å². The Morgan fingerprint density at radius 3 is 2.80 bits per heavy atom. The largest absolute Gasteiger partial charge is 0.480 e. The predicted octanol–water partition coefficient (Wildman–Crippen LogP) is 0.687. The van der Waals surface area contributed by atoms with E-state index in [0.717, 1.165) is 12.8 Å². The molecule has 0 radical (unpaired) electrons. The second-order valence-electron chi connectivity index (χ2n) is 4.92. The third-order valence-corrected chi connectivity index (χ3v) is 3.44. The van der Waals surface area contributed by atoms with Crippen LogP contribution in [0.4, 0.5) is 4.79 Å². The SMILES string of the molecule is COCCCC(NC(=O)N1CCCC(OC)C1)C(=O)O. The van der Waals surface area contributed by atoms with E-state index in [2.05, 4.69) is 5.32 Å².